The van der Waals surface area contributed by atoms with Crippen molar-refractivity contribution < 1.29 is 4.79 Å². The third-order valence-electron chi connectivity index (χ3n) is 2.48. The predicted octanol–water partition coefficient (Wildman–Crippen LogP) is 1.80. The third kappa shape index (κ3) is 1.42. The van der Waals surface area contributed by atoms with E-state index in [9.17, 15) is 4.79 Å². The van der Waals surface area contributed by atoms with E-state index in [1.54, 1.807) is 17.2 Å². The highest BCUT2D eigenvalue weighted by atomic mass is 16.2. The van der Waals surface area contributed by atoms with E-state index in [1.165, 1.54) is 0 Å². The van der Waals surface area contributed by atoms with Crippen LogP contribution in [0.1, 0.15) is 13.3 Å². The standard InChI is InChI=1S/C10H15NO/c1-4-9-8(3)6-7-11(5-2)10(9)12/h4-5,8-9H,1-2,6-7H2,3H3. The van der Waals surface area contributed by atoms with Gasteiger partial charge in [-0.1, -0.05) is 19.6 Å². The van der Waals surface area contributed by atoms with Crippen molar-refractivity contribution in [2.24, 2.45) is 11.8 Å². The summed E-state index contributed by atoms with van der Waals surface area (Å²) in [5, 5.41) is 0. The first-order chi connectivity index (χ1) is 5.70. The largest absolute Gasteiger partial charge is 0.319 e. The fraction of sp³-hybridized carbons (Fsp3) is 0.500. The number of likely N-dealkylation sites (tertiary alicyclic amines) is 1. The maximum atomic E-state index is 11.6. The van der Waals surface area contributed by atoms with E-state index in [1.807, 2.05) is 0 Å². The maximum absolute atomic E-state index is 11.6. The van der Waals surface area contributed by atoms with Crippen molar-refractivity contribution in [2.45, 2.75) is 13.3 Å². The van der Waals surface area contributed by atoms with Gasteiger partial charge in [-0.05, 0) is 18.5 Å². The molecule has 0 radical (unpaired) electrons. The molecule has 2 atom stereocenters. The summed E-state index contributed by atoms with van der Waals surface area (Å²) in [6.07, 6.45) is 4.38. The van der Waals surface area contributed by atoms with Crippen LogP contribution in [0.3, 0.4) is 0 Å². The number of hydrogen-bond donors (Lipinski definition) is 0. The van der Waals surface area contributed by atoms with Crippen molar-refractivity contribution in [1.82, 2.24) is 4.90 Å². The monoisotopic (exact) mass is 165 g/mol. The van der Waals surface area contributed by atoms with E-state index in [0.717, 1.165) is 13.0 Å². The van der Waals surface area contributed by atoms with Crippen molar-refractivity contribution in [3.05, 3.63) is 25.4 Å². The van der Waals surface area contributed by atoms with Gasteiger partial charge >= 0.3 is 0 Å². The van der Waals surface area contributed by atoms with E-state index < -0.39 is 0 Å². The molecule has 1 aliphatic rings. The molecule has 1 amide bonds. The first-order valence-electron chi connectivity index (χ1n) is 4.26. The summed E-state index contributed by atoms with van der Waals surface area (Å²) >= 11 is 0. The highest BCUT2D eigenvalue weighted by molar-refractivity contribution is 5.82. The number of piperidine rings is 1. The Morgan fingerprint density at radius 1 is 1.58 bits per heavy atom. The molecule has 0 saturated carbocycles. The topological polar surface area (TPSA) is 20.3 Å². The van der Waals surface area contributed by atoms with Gasteiger partial charge in [0.2, 0.25) is 5.91 Å². The first kappa shape index (κ1) is 9.04. The lowest BCUT2D eigenvalue weighted by Gasteiger charge is -2.32. The van der Waals surface area contributed by atoms with Gasteiger partial charge in [0.15, 0.2) is 0 Å². The Balaban J connectivity index is 2.76. The second kappa shape index (κ2) is 3.57. The van der Waals surface area contributed by atoms with E-state index >= 15 is 0 Å². The van der Waals surface area contributed by atoms with Gasteiger partial charge in [0.1, 0.15) is 0 Å². The number of carbonyl (C=O) groups excluding carboxylic acids is 1. The lowest BCUT2D eigenvalue weighted by molar-refractivity contribution is -0.135. The maximum Gasteiger partial charge on any atom is 0.233 e. The van der Waals surface area contributed by atoms with Crippen LogP contribution in [-0.4, -0.2) is 17.4 Å². The number of amides is 1. The zero-order valence-corrected chi connectivity index (χ0v) is 7.49. The average molecular weight is 165 g/mol. The molecule has 2 unspecified atom stereocenters. The van der Waals surface area contributed by atoms with Crippen LogP contribution in [-0.2, 0) is 4.79 Å². The molecule has 0 spiro atoms. The van der Waals surface area contributed by atoms with Crippen molar-refractivity contribution >= 4 is 5.91 Å². The Kier molecular flexibility index (Phi) is 2.69. The SMILES string of the molecule is C=CC1C(=O)N(C=C)CCC1C. The Hall–Kier alpha value is -1.05. The molecule has 1 fully saturated rings. The molecule has 1 heterocycles. The predicted molar refractivity (Wildman–Crippen MR) is 49.4 cm³/mol. The minimum Gasteiger partial charge on any atom is -0.319 e. The number of nitrogens with zero attached hydrogens (tertiary/aromatic N) is 1. The van der Waals surface area contributed by atoms with Crippen LogP contribution >= 0.6 is 0 Å². The first-order valence-corrected chi connectivity index (χ1v) is 4.26. The summed E-state index contributed by atoms with van der Waals surface area (Å²) in [5.41, 5.74) is 0. The smallest absolute Gasteiger partial charge is 0.233 e. The van der Waals surface area contributed by atoms with Gasteiger partial charge in [0.25, 0.3) is 0 Å². The number of hydrogen-bond acceptors (Lipinski definition) is 1. The van der Waals surface area contributed by atoms with Gasteiger partial charge in [0, 0.05) is 6.54 Å². The molecular formula is C10H15NO. The molecule has 0 aromatic rings. The summed E-state index contributed by atoms with van der Waals surface area (Å²) in [4.78, 5) is 13.3. The van der Waals surface area contributed by atoms with E-state index in [0.29, 0.717) is 5.92 Å². The van der Waals surface area contributed by atoms with Crippen LogP contribution in [0.4, 0.5) is 0 Å². The van der Waals surface area contributed by atoms with Gasteiger partial charge in [-0.25, -0.2) is 0 Å². The summed E-state index contributed by atoms with van der Waals surface area (Å²) in [7, 11) is 0. The van der Waals surface area contributed by atoms with Crippen molar-refractivity contribution in [1.29, 1.82) is 0 Å². The Labute approximate surface area is 73.6 Å². The fourth-order valence-corrected chi connectivity index (χ4v) is 1.58. The molecule has 1 aliphatic heterocycles. The minimum atomic E-state index is -0.0169. The van der Waals surface area contributed by atoms with Crippen LogP contribution in [0, 0.1) is 11.8 Å². The summed E-state index contributed by atoms with van der Waals surface area (Å²) in [6, 6.07) is 0. The van der Waals surface area contributed by atoms with Crippen LogP contribution in [0.5, 0.6) is 0 Å². The van der Waals surface area contributed by atoms with Gasteiger partial charge < -0.3 is 4.90 Å². The van der Waals surface area contributed by atoms with Gasteiger partial charge in [-0.2, -0.15) is 0 Å². The molecule has 0 aromatic carbocycles. The van der Waals surface area contributed by atoms with Crippen LogP contribution in [0.25, 0.3) is 0 Å². The molecule has 0 aromatic heterocycles. The Morgan fingerprint density at radius 3 is 2.75 bits per heavy atom. The summed E-state index contributed by atoms with van der Waals surface area (Å²) in [6.45, 7) is 10.2. The molecule has 0 N–H and O–H groups in total. The molecular weight excluding hydrogens is 150 g/mol. The van der Waals surface area contributed by atoms with Crippen molar-refractivity contribution in [3.63, 3.8) is 0 Å². The molecule has 2 nitrogen and oxygen atoms in total. The Bertz CT molecular complexity index is 210. The average Bonchev–Trinajstić information content (AvgIpc) is 2.06. The highest BCUT2D eigenvalue weighted by Crippen LogP contribution is 2.24. The zero-order valence-electron chi connectivity index (χ0n) is 7.49. The summed E-state index contributed by atoms with van der Waals surface area (Å²) in [5.74, 6) is 0.543. The highest BCUT2D eigenvalue weighted by Gasteiger charge is 2.30. The van der Waals surface area contributed by atoms with Crippen LogP contribution in [0.2, 0.25) is 0 Å². The number of rotatable bonds is 2. The molecule has 66 valence electrons. The molecule has 2 heteroatoms. The van der Waals surface area contributed by atoms with Crippen LogP contribution < -0.4 is 0 Å². The fourth-order valence-electron chi connectivity index (χ4n) is 1.58. The van der Waals surface area contributed by atoms with Gasteiger partial charge in [-0.15, -0.1) is 6.58 Å². The lowest BCUT2D eigenvalue weighted by Crippen LogP contribution is -2.40. The van der Waals surface area contributed by atoms with E-state index in [2.05, 4.69) is 20.1 Å². The second-order valence-electron chi connectivity index (χ2n) is 3.24. The minimum absolute atomic E-state index is 0.0169. The van der Waals surface area contributed by atoms with E-state index in [-0.39, 0.29) is 11.8 Å². The van der Waals surface area contributed by atoms with Crippen molar-refractivity contribution in [3.8, 4) is 0 Å². The molecule has 0 bridgehead atoms. The second-order valence-corrected chi connectivity index (χ2v) is 3.24. The van der Waals surface area contributed by atoms with E-state index in [4.69, 9.17) is 0 Å². The molecule has 1 rings (SSSR count). The number of carbonyl (C=O) groups is 1. The van der Waals surface area contributed by atoms with Gasteiger partial charge in [0.05, 0.1) is 5.92 Å². The van der Waals surface area contributed by atoms with Gasteiger partial charge in [-0.3, -0.25) is 4.79 Å². The zero-order chi connectivity index (χ0) is 9.14. The Morgan fingerprint density at radius 2 is 2.25 bits per heavy atom. The molecule has 0 aliphatic carbocycles. The quantitative estimate of drug-likeness (QED) is 0.571. The van der Waals surface area contributed by atoms with Crippen LogP contribution in [0.15, 0.2) is 25.4 Å². The molecule has 1 saturated heterocycles. The van der Waals surface area contributed by atoms with Crippen molar-refractivity contribution in [2.75, 3.05) is 6.54 Å². The normalized spacial score (nSPS) is 30.1. The lowest BCUT2D eigenvalue weighted by atomic mass is 9.86. The summed E-state index contributed by atoms with van der Waals surface area (Å²) < 4.78 is 0. The third-order valence-corrected chi connectivity index (χ3v) is 2.48. The molecule has 12 heavy (non-hydrogen) atoms.